The molecule has 1 aliphatic heterocycles. The van der Waals surface area contributed by atoms with Crippen LogP contribution in [0.2, 0.25) is 0 Å². The fourth-order valence-corrected chi connectivity index (χ4v) is 4.84. The van der Waals surface area contributed by atoms with E-state index >= 15 is 0 Å². The first-order valence-electron chi connectivity index (χ1n) is 10.6. The number of pyridine rings is 1. The molecule has 9 heteroatoms. The minimum atomic E-state index is -0.111. The van der Waals surface area contributed by atoms with Gasteiger partial charge in [-0.05, 0) is 36.8 Å². The molecule has 4 rings (SSSR count). The van der Waals surface area contributed by atoms with Crippen molar-refractivity contribution in [1.82, 2.24) is 20.5 Å². The van der Waals surface area contributed by atoms with Gasteiger partial charge in [-0.2, -0.15) is 0 Å². The van der Waals surface area contributed by atoms with Gasteiger partial charge in [-0.1, -0.05) is 18.2 Å². The Bertz CT molecular complexity index is 857. The number of allylic oxidation sites excluding steroid dienone is 2. The van der Waals surface area contributed by atoms with E-state index in [-0.39, 0.29) is 59.5 Å². The van der Waals surface area contributed by atoms with Crippen LogP contribution in [-0.2, 0) is 16.1 Å². The summed E-state index contributed by atoms with van der Waals surface area (Å²) in [6, 6.07) is 5.92. The fourth-order valence-electron chi connectivity index (χ4n) is 4.84. The Morgan fingerprint density at radius 3 is 2.45 bits per heavy atom. The first kappa shape index (κ1) is 23.5. The van der Waals surface area contributed by atoms with Crippen LogP contribution in [0, 0.1) is 23.7 Å². The Labute approximate surface area is 200 Å². The number of rotatable bonds is 7. The number of amides is 2. The predicted molar refractivity (Wildman–Crippen MR) is 131 cm³/mol. The molecule has 31 heavy (non-hydrogen) atoms. The number of likely N-dealkylation sites (tertiary alicyclic amines) is 1. The quantitative estimate of drug-likeness (QED) is 0.137. The number of nitrogens with one attached hydrogen (secondary N) is 2. The minimum absolute atomic E-state index is 0. The van der Waals surface area contributed by atoms with Crippen molar-refractivity contribution in [3.8, 4) is 0 Å². The number of aliphatic imine (C=N–C) groups is 1. The van der Waals surface area contributed by atoms with Gasteiger partial charge >= 0.3 is 0 Å². The Balaban J connectivity index is 0.00000272. The van der Waals surface area contributed by atoms with Gasteiger partial charge in [0.1, 0.15) is 5.82 Å². The van der Waals surface area contributed by atoms with E-state index < -0.39 is 0 Å². The van der Waals surface area contributed by atoms with E-state index in [2.05, 4.69) is 32.8 Å². The van der Waals surface area contributed by atoms with Crippen molar-refractivity contribution >= 4 is 47.6 Å². The van der Waals surface area contributed by atoms with E-state index in [0.29, 0.717) is 32.0 Å². The molecule has 2 aliphatic carbocycles. The summed E-state index contributed by atoms with van der Waals surface area (Å²) in [4.78, 5) is 37.7. The minimum Gasteiger partial charge on any atom is -0.363 e. The maximum atomic E-state index is 12.7. The molecule has 1 aromatic heterocycles. The van der Waals surface area contributed by atoms with Crippen LogP contribution in [0.1, 0.15) is 18.5 Å². The number of fused-ring (bicyclic) bond motifs is 5. The lowest BCUT2D eigenvalue weighted by Gasteiger charge is -2.18. The number of hydrogen-bond acceptors (Lipinski definition) is 5. The summed E-state index contributed by atoms with van der Waals surface area (Å²) in [6.45, 7) is 1.65. The zero-order valence-corrected chi connectivity index (χ0v) is 20.6. The van der Waals surface area contributed by atoms with Crippen LogP contribution in [-0.4, -0.2) is 61.9 Å². The number of imide groups is 1. The summed E-state index contributed by atoms with van der Waals surface area (Å²) >= 11 is 0. The SMILES string of the molecule is CN=C(NCCCN1C(=O)C2C3C=CC(C3)C2C1=O)NCc1cccc(N(C)C)n1.I. The molecule has 1 saturated carbocycles. The third-order valence-electron chi connectivity index (χ3n) is 6.32. The van der Waals surface area contributed by atoms with Gasteiger partial charge in [0.2, 0.25) is 11.8 Å². The third kappa shape index (κ3) is 4.70. The topological polar surface area (TPSA) is 89.9 Å². The molecule has 4 atom stereocenters. The van der Waals surface area contributed by atoms with E-state index in [4.69, 9.17) is 0 Å². The van der Waals surface area contributed by atoms with E-state index in [0.717, 1.165) is 17.9 Å². The highest BCUT2D eigenvalue weighted by Gasteiger charge is 2.58. The highest BCUT2D eigenvalue weighted by Crippen LogP contribution is 2.52. The van der Waals surface area contributed by atoms with Crippen molar-refractivity contribution < 1.29 is 9.59 Å². The van der Waals surface area contributed by atoms with E-state index in [1.165, 1.54) is 4.90 Å². The van der Waals surface area contributed by atoms with Crippen molar-refractivity contribution in [2.24, 2.45) is 28.7 Å². The van der Waals surface area contributed by atoms with Gasteiger partial charge in [-0.15, -0.1) is 24.0 Å². The third-order valence-corrected chi connectivity index (χ3v) is 6.32. The molecule has 4 unspecified atom stereocenters. The summed E-state index contributed by atoms with van der Waals surface area (Å²) in [7, 11) is 5.64. The number of carbonyl (C=O) groups is 2. The standard InChI is InChI=1S/C22H30N6O2.HI/c1-23-22(25-13-16-6-4-7-17(26-16)27(2)3)24-10-5-11-28-20(29)18-14-8-9-15(12-14)19(18)21(28)30;/h4,6-9,14-15,18-19H,5,10-13H2,1-3H3,(H2,23,24,25);1H. The van der Waals surface area contributed by atoms with Crippen LogP contribution in [0.25, 0.3) is 0 Å². The zero-order chi connectivity index (χ0) is 21.3. The monoisotopic (exact) mass is 538 g/mol. The van der Waals surface area contributed by atoms with E-state index in [9.17, 15) is 9.59 Å². The zero-order valence-electron chi connectivity index (χ0n) is 18.2. The molecule has 2 amide bonds. The number of guanidine groups is 1. The molecule has 0 spiro atoms. The lowest BCUT2D eigenvalue weighted by molar-refractivity contribution is -0.140. The molecule has 2 fully saturated rings. The number of halogens is 1. The second kappa shape index (κ2) is 9.97. The van der Waals surface area contributed by atoms with Gasteiger partial charge in [-0.25, -0.2) is 4.98 Å². The molecule has 2 bridgehead atoms. The second-order valence-corrected chi connectivity index (χ2v) is 8.42. The van der Waals surface area contributed by atoms with Crippen LogP contribution in [0.4, 0.5) is 5.82 Å². The molecule has 2 heterocycles. The van der Waals surface area contributed by atoms with Gasteiger partial charge in [0.05, 0.1) is 24.1 Å². The predicted octanol–water partition coefficient (Wildman–Crippen LogP) is 1.63. The van der Waals surface area contributed by atoms with Gasteiger partial charge in [0, 0.05) is 34.2 Å². The van der Waals surface area contributed by atoms with Gasteiger partial charge in [-0.3, -0.25) is 19.5 Å². The molecule has 3 aliphatic rings. The van der Waals surface area contributed by atoms with Crippen LogP contribution in [0.5, 0.6) is 0 Å². The lowest BCUT2D eigenvalue weighted by Crippen LogP contribution is -2.39. The first-order chi connectivity index (χ1) is 14.5. The van der Waals surface area contributed by atoms with Crippen LogP contribution in [0.3, 0.4) is 0 Å². The number of hydrogen-bond donors (Lipinski definition) is 2. The fraction of sp³-hybridized carbons (Fsp3) is 0.545. The maximum Gasteiger partial charge on any atom is 0.233 e. The van der Waals surface area contributed by atoms with Crippen molar-refractivity contribution in [3.63, 3.8) is 0 Å². The van der Waals surface area contributed by atoms with Crippen molar-refractivity contribution in [2.45, 2.75) is 19.4 Å². The van der Waals surface area contributed by atoms with Gasteiger partial charge in [0.25, 0.3) is 0 Å². The maximum absolute atomic E-state index is 12.7. The van der Waals surface area contributed by atoms with Gasteiger partial charge in [0.15, 0.2) is 5.96 Å². The van der Waals surface area contributed by atoms with Crippen molar-refractivity contribution in [1.29, 1.82) is 0 Å². The lowest BCUT2D eigenvalue weighted by atomic mass is 9.85. The molecule has 1 saturated heterocycles. The smallest absolute Gasteiger partial charge is 0.233 e. The van der Waals surface area contributed by atoms with Crippen LogP contribution < -0.4 is 15.5 Å². The highest BCUT2D eigenvalue weighted by molar-refractivity contribution is 14.0. The van der Waals surface area contributed by atoms with E-state index in [1.807, 2.05) is 37.2 Å². The number of carbonyl (C=O) groups excluding carboxylic acids is 2. The summed E-state index contributed by atoms with van der Waals surface area (Å²) < 4.78 is 0. The number of nitrogens with zero attached hydrogens (tertiary/aromatic N) is 4. The molecule has 168 valence electrons. The Hall–Kier alpha value is -2.17. The number of anilines is 1. The number of aromatic nitrogens is 1. The summed E-state index contributed by atoms with van der Waals surface area (Å²) in [5.41, 5.74) is 0.923. The average Bonchev–Trinajstić information content (AvgIpc) is 3.42. The molecular weight excluding hydrogens is 507 g/mol. The molecule has 0 aromatic carbocycles. The summed E-state index contributed by atoms with van der Waals surface area (Å²) in [5.74, 6) is 1.94. The summed E-state index contributed by atoms with van der Waals surface area (Å²) in [6.07, 6.45) is 5.91. The highest BCUT2D eigenvalue weighted by atomic mass is 127. The van der Waals surface area contributed by atoms with Crippen molar-refractivity contribution in [2.75, 3.05) is 39.1 Å². The average molecular weight is 538 g/mol. The second-order valence-electron chi connectivity index (χ2n) is 8.42. The van der Waals surface area contributed by atoms with Crippen LogP contribution in [0.15, 0.2) is 35.3 Å². The van der Waals surface area contributed by atoms with Crippen LogP contribution >= 0.6 is 24.0 Å². The van der Waals surface area contributed by atoms with Gasteiger partial charge < -0.3 is 15.5 Å². The molecular formula is C22H31IN6O2. The Morgan fingerprint density at radius 1 is 1.16 bits per heavy atom. The summed E-state index contributed by atoms with van der Waals surface area (Å²) in [5, 5.41) is 6.50. The molecule has 2 N–H and O–H groups in total. The first-order valence-corrected chi connectivity index (χ1v) is 10.6. The largest absolute Gasteiger partial charge is 0.363 e. The Morgan fingerprint density at radius 2 is 1.84 bits per heavy atom. The van der Waals surface area contributed by atoms with E-state index in [1.54, 1.807) is 7.05 Å². The molecule has 1 aromatic rings. The van der Waals surface area contributed by atoms with Crippen molar-refractivity contribution in [3.05, 3.63) is 36.0 Å². The molecule has 0 radical (unpaired) electrons. The Kier molecular flexibility index (Phi) is 7.55. The normalized spacial score (nSPS) is 26.2. The molecule has 8 nitrogen and oxygen atoms in total.